The van der Waals surface area contributed by atoms with Gasteiger partial charge in [-0.2, -0.15) is 0 Å². The topological polar surface area (TPSA) is 9.72 Å². The Morgan fingerprint density at radius 2 is 0.667 bits per heavy atom. The normalized spacial score (nSPS) is 16.8. The second-order valence-corrected chi connectivity index (χ2v) is 8.60. The predicted molar refractivity (Wildman–Crippen MR) is 125 cm³/mol. The SMILES string of the molecule is Fc1ccccc1CN1CCN(Cc2ccccc2F)CCN(Cc2ccccc2F)CC1. The summed E-state index contributed by atoms with van der Waals surface area (Å²) in [7, 11) is 0. The fraction of sp³-hybridized carbons (Fsp3) is 0.333. The number of halogens is 3. The fourth-order valence-corrected chi connectivity index (χ4v) is 4.26. The van der Waals surface area contributed by atoms with Crippen LogP contribution >= 0.6 is 0 Å². The quantitative estimate of drug-likeness (QED) is 0.524. The van der Waals surface area contributed by atoms with E-state index in [2.05, 4.69) is 14.7 Å². The summed E-state index contributed by atoms with van der Waals surface area (Å²) >= 11 is 0. The smallest absolute Gasteiger partial charge is 0.127 e. The van der Waals surface area contributed by atoms with Gasteiger partial charge in [-0.3, -0.25) is 14.7 Å². The third kappa shape index (κ3) is 6.67. The number of hydrogen-bond donors (Lipinski definition) is 0. The third-order valence-corrected chi connectivity index (χ3v) is 6.25. The van der Waals surface area contributed by atoms with Crippen LogP contribution in [0.4, 0.5) is 13.2 Å². The molecule has 0 radical (unpaired) electrons. The summed E-state index contributed by atoms with van der Waals surface area (Å²) in [6, 6.07) is 20.6. The van der Waals surface area contributed by atoms with Crippen LogP contribution in [0, 0.1) is 17.5 Å². The summed E-state index contributed by atoms with van der Waals surface area (Å²) in [6.45, 7) is 6.00. The molecule has 6 heteroatoms. The van der Waals surface area contributed by atoms with Crippen molar-refractivity contribution in [1.82, 2.24) is 14.7 Å². The average Bonchev–Trinajstić information content (AvgIpc) is 2.90. The van der Waals surface area contributed by atoms with Crippen molar-refractivity contribution < 1.29 is 13.2 Å². The van der Waals surface area contributed by atoms with E-state index in [4.69, 9.17) is 0 Å². The molecule has 0 amide bonds. The molecule has 0 saturated carbocycles. The summed E-state index contributed by atoms with van der Waals surface area (Å²) in [4.78, 5) is 6.69. The zero-order valence-corrected chi connectivity index (χ0v) is 18.8. The van der Waals surface area contributed by atoms with Crippen molar-refractivity contribution in [3.05, 3.63) is 107 Å². The van der Waals surface area contributed by atoms with Gasteiger partial charge in [0.2, 0.25) is 0 Å². The lowest BCUT2D eigenvalue weighted by Gasteiger charge is -2.26. The molecule has 1 aliphatic rings. The van der Waals surface area contributed by atoms with Gasteiger partial charge in [0.25, 0.3) is 0 Å². The van der Waals surface area contributed by atoms with E-state index in [9.17, 15) is 13.2 Å². The summed E-state index contributed by atoms with van der Waals surface area (Å²) in [5, 5.41) is 0. The van der Waals surface area contributed by atoms with E-state index in [1.165, 1.54) is 18.2 Å². The van der Waals surface area contributed by atoms with Crippen molar-refractivity contribution >= 4 is 0 Å². The van der Waals surface area contributed by atoms with Crippen LogP contribution in [0.2, 0.25) is 0 Å². The van der Waals surface area contributed by atoms with Crippen LogP contribution in [0.25, 0.3) is 0 Å². The molecule has 0 aromatic heterocycles. The van der Waals surface area contributed by atoms with E-state index >= 15 is 0 Å². The maximum Gasteiger partial charge on any atom is 0.127 e. The number of nitrogens with zero attached hydrogens (tertiary/aromatic N) is 3. The molecule has 3 nitrogen and oxygen atoms in total. The van der Waals surface area contributed by atoms with Crippen molar-refractivity contribution in [3.63, 3.8) is 0 Å². The molecular formula is C27H30F3N3. The maximum atomic E-state index is 14.3. The molecule has 1 fully saturated rings. The molecular weight excluding hydrogens is 423 g/mol. The molecule has 0 unspecified atom stereocenters. The highest BCUT2D eigenvalue weighted by molar-refractivity contribution is 5.19. The van der Waals surface area contributed by atoms with Crippen molar-refractivity contribution in [1.29, 1.82) is 0 Å². The monoisotopic (exact) mass is 453 g/mol. The largest absolute Gasteiger partial charge is 0.296 e. The predicted octanol–water partition coefficient (Wildman–Crippen LogP) is 4.92. The van der Waals surface area contributed by atoms with Gasteiger partial charge in [0.05, 0.1) is 0 Å². The summed E-state index contributed by atoms with van der Waals surface area (Å²) in [6.07, 6.45) is 0. The van der Waals surface area contributed by atoms with E-state index in [1.54, 1.807) is 18.2 Å². The summed E-state index contributed by atoms with van der Waals surface area (Å²) in [5.41, 5.74) is 1.99. The van der Waals surface area contributed by atoms with E-state index in [1.807, 2.05) is 36.4 Å². The maximum absolute atomic E-state index is 14.3. The molecule has 0 aliphatic carbocycles. The Morgan fingerprint density at radius 3 is 0.909 bits per heavy atom. The first-order valence-corrected chi connectivity index (χ1v) is 11.5. The molecule has 0 atom stereocenters. The van der Waals surface area contributed by atoms with Crippen LogP contribution in [-0.4, -0.2) is 54.0 Å². The Morgan fingerprint density at radius 1 is 0.424 bits per heavy atom. The molecule has 0 spiro atoms. The van der Waals surface area contributed by atoms with Gasteiger partial charge in [0.15, 0.2) is 0 Å². The molecule has 3 aromatic carbocycles. The minimum absolute atomic E-state index is 0.205. The Balaban J connectivity index is 1.51. The highest BCUT2D eigenvalue weighted by Crippen LogP contribution is 2.16. The highest BCUT2D eigenvalue weighted by atomic mass is 19.1. The zero-order valence-electron chi connectivity index (χ0n) is 18.8. The van der Waals surface area contributed by atoms with Gasteiger partial charge in [-0.15, -0.1) is 0 Å². The number of rotatable bonds is 6. The Kier molecular flexibility index (Phi) is 8.15. The molecule has 174 valence electrons. The molecule has 1 aliphatic heterocycles. The zero-order chi connectivity index (χ0) is 23.0. The Labute approximate surface area is 194 Å². The molecule has 0 bridgehead atoms. The van der Waals surface area contributed by atoms with Crippen molar-refractivity contribution in [2.45, 2.75) is 19.6 Å². The van der Waals surface area contributed by atoms with Crippen molar-refractivity contribution in [2.24, 2.45) is 0 Å². The molecule has 1 heterocycles. The first kappa shape index (κ1) is 23.5. The van der Waals surface area contributed by atoms with Crippen LogP contribution in [0.3, 0.4) is 0 Å². The van der Waals surface area contributed by atoms with E-state index in [-0.39, 0.29) is 17.5 Å². The van der Waals surface area contributed by atoms with Gasteiger partial charge in [-0.25, -0.2) is 13.2 Å². The minimum atomic E-state index is -0.205. The molecule has 1 saturated heterocycles. The van der Waals surface area contributed by atoms with E-state index < -0.39 is 0 Å². The summed E-state index contributed by atoms with van der Waals surface area (Å²) < 4.78 is 42.9. The molecule has 3 aromatic rings. The average molecular weight is 454 g/mol. The lowest BCUT2D eigenvalue weighted by Crippen LogP contribution is -2.35. The number of hydrogen-bond acceptors (Lipinski definition) is 3. The minimum Gasteiger partial charge on any atom is -0.296 e. The second-order valence-electron chi connectivity index (χ2n) is 8.60. The molecule has 33 heavy (non-hydrogen) atoms. The van der Waals surface area contributed by atoms with Crippen LogP contribution in [0.1, 0.15) is 16.7 Å². The van der Waals surface area contributed by atoms with Gasteiger partial charge in [0, 0.05) is 75.6 Å². The van der Waals surface area contributed by atoms with Gasteiger partial charge >= 0.3 is 0 Å². The van der Waals surface area contributed by atoms with Crippen molar-refractivity contribution in [3.8, 4) is 0 Å². The second kappa shape index (κ2) is 11.5. The first-order valence-electron chi connectivity index (χ1n) is 11.5. The molecule has 4 rings (SSSR count). The summed E-state index contributed by atoms with van der Waals surface area (Å²) in [5.74, 6) is -0.614. The first-order chi connectivity index (χ1) is 16.1. The van der Waals surface area contributed by atoms with Crippen LogP contribution in [0.15, 0.2) is 72.8 Å². The van der Waals surface area contributed by atoms with E-state index in [0.29, 0.717) is 36.3 Å². The Hall–Kier alpha value is -2.67. The van der Waals surface area contributed by atoms with E-state index in [0.717, 1.165) is 39.3 Å². The molecule has 0 N–H and O–H groups in total. The third-order valence-electron chi connectivity index (χ3n) is 6.25. The van der Waals surface area contributed by atoms with Gasteiger partial charge in [-0.1, -0.05) is 54.6 Å². The van der Waals surface area contributed by atoms with Crippen LogP contribution in [-0.2, 0) is 19.6 Å². The standard InChI is InChI=1S/C27H30F3N3/c28-25-10-4-1-7-22(25)19-31-13-15-32(20-23-8-2-5-11-26(23)29)17-18-33(16-14-31)21-24-9-3-6-12-27(24)30/h1-12H,13-21H2. The fourth-order valence-electron chi connectivity index (χ4n) is 4.26. The van der Waals surface area contributed by atoms with Crippen molar-refractivity contribution in [2.75, 3.05) is 39.3 Å². The van der Waals surface area contributed by atoms with Gasteiger partial charge < -0.3 is 0 Å². The van der Waals surface area contributed by atoms with Crippen LogP contribution < -0.4 is 0 Å². The highest BCUT2D eigenvalue weighted by Gasteiger charge is 2.19. The van der Waals surface area contributed by atoms with Crippen LogP contribution in [0.5, 0.6) is 0 Å². The lowest BCUT2D eigenvalue weighted by molar-refractivity contribution is 0.206. The number of benzene rings is 3. The Bertz CT molecular complexity index is 898. The van der Waals surface area contributed by atoms with Gasteiger partial charge in [0.1, 0.15) is 17.5 Å². The van der Waals surface area contributed by atoms with Gasteiger partial charge in [-0.05, 0) is 18.2 Å². The lowest BCUT2D eigenvalue weighted by atomic mass is 10.2.